The van der Waals surface area contributed by atoms with Gasteiger partial charge in [0.25, 0.3) is 0 Å². The Labute approximate surface area is 856 Å². The van der Waals surface area contributed by atoms with Crippen molar-refractivity contribution in [2.75, 3.05) is 19.6 Å². The van der Waals surface area contributed by atoms with Crippen LogP contribution in [0.1, 0.15) is 135 Å². The highest BCUT2D eigenvalue weighted by atomic mass is 16.3. The van der Waals surface area contributed by atoms with E-state index in [1.54, 1.807) is 0 Å². The van der Waals surface area contributed by atoms with Crippen molar-refractivity contribution < 1.29 is 17.7 Å². The molecule has 24 aromatic carbocycles. The minimum Gasteiger partial charge on any atom is -0.454 e. The molecule has 4 heterocycles. The summed E-state index contributed by atoms with van der Waals surface area (Å²) in [6, 6.07) is 149. The van der Waals surface area contributed by atoms with Gasteiger partial charge in [0.05, 0.1) is 45.5 Å². The molecule has 32 rings (SSSR count). The van der Waals surface area contributed by atoms with Gasteiger partial charge in [-0.3, -0.25) is 0 Å². The molecule has 0 bridgehead atoms. The summed E-state index contributed by atoms with van der Waals surface area (Å²) in [6.45, 7) is 0. The van der Waals surface area contributed by atoms with Gasteiger partial charge in [0.15, 0.2) is 22.3 Å². The smallest absolute Gasteiger partial charge is 0.159 e. The molecule has 8 heteroatoms. The lowest BCUT2D eigenvalue weighted by Crippen LogP contribution is -2.16. The Morgan fingerprint density at radius 2 is 0.432 bits per heavy atom. The summed E-state index contributed by atoms with van der Waals surface area (Å²) in [4.78, 5) is 10.1. The van der Waals surface area contributed by atoms with Crippen LogP contribution in [-0.2, 0) is 25.7 Å². The van der Waals surface area contributed by atoms with Crippen LogP contribution in [0.25, 0.3) is 195 Å². The number of nitrogens with zero attached hydrogens (tertiary/aromatic N) is 4. The first-order valence-corrected chi connectivity index (χ1v) is 53.8. The first-order valence-electron chi connectivity index (χ1n) is 53.8. The van der Waals surface area contributed by atoms with Crippen molar-refractivity contribution in [3.05, 3.63) is 434 Å². The normalized spacial score (nSPS) is 14.5. The van der Waals surface area contributed by atoms with E-state index in [2.05, 4.69) is 420 Å². The van der Waals surface area contributed by atoms with Gasteiger partial charge in [0.1, 0.15) is 22.3 Å². The SMILES string of the molecule is c1cc(C2CCCCC2)cc(N(c2ccc3ccc4c(N(c5cccc(C6CCCCC6)c5)c5cccc6c5oc5ccc7ccccc7c56)ccc5ccc2c3c54)c2cccc3c2oc2ccc4ccccc4c23)c1.c1cc2c(c(N(c3ccc4ccc5c(N(c6cccc7c6CCCC7)c6cccc7c6oc6ccc8ccccc8c67)ccc6ccc3c4c65)c3cccc4c3oc3ccc5ccccc5c34)c1)CCCC2. The molecule has 0 unspecified atom stereocenters. The van der Waals surface area contributed by atoms with Gasteiger partial charge in [-0.1, -0.05) is 330 Å². The maximum Gasteiger partial charge on any atom is 0.159 e. The topological polar surface area (TPSA) is 65.5 Å². The van der Waals surface area contributed by atoms with E-state index in [1.807, 2.05) is 0 Å². The second-order valence-electron chi connectivity index (χ2n) is 42.3. The fraction of sp³-hybridized carbons (Fsp3) is 0.143. The molecule has 0 amide bonds. The third-order valence-corrected chi connectivity index (χ3v) is 34.3. The molecule has 8 nitrogen and oxygen atoms in total. The summed E-state index contributed by atoms with van der Waals surface area (Å²) >= 11 is 0. The summed E-state index contributed by atoms with van der Waals surface area (Å²) in [6.07, 6.45) is 21.8. The molecule has 0 atom stereocenters. The zero-order valence-corrected chi connectivity index (χ0v) is 82.4. The van der Waals surface area contributed by atoms with Crippen LogP contribution in [0.3, 0.4) is 0 Å². The third-order valence-electron chi connectivity index (χ3n) is 34.3. The van der Waals surface area contributed by atoms with Crippen molar-refractivity contribution in [3.8, 4) is 0 Å². The Morgan fingerprint density at radius 1 is 0.169 bits per heavy atom. The summed E-state index contributed by atoms with van der Waals surface area (Å²) < 4.78 is 28.3. The predicted octanol–water partition coefficient (Wildman–Crippen LogP) is 41.1. The zero-order chi connectivity index (χ0) is 96.9. The van der Waals surface area contributed by atoms with Gasteiger partial charge in [-0.25, -0.2) is 0 Å². The molecule has 708 valence electrons. The van der Waals surface area contributed by atoms with Gasteiger partial charge in [-0.05, 0) is 318 Å². The second-order valence-corrected chi connectivity index (χ2v) is 42.3. The maximum atomic E-state index is 7.08. The highest BCUT2D eigenvalue weighted by molar-refractivity contribution is 6.33. The van der Waals surface area contributed by atoms with E-state index in [0.717, 1.165) is 160 Å². The highest BCUT2D eigenvalue weighted by Gasteiger charge is 2.34. The number of furan rings is 4. The molecule has 4 aliphatic carbocycles. The summed E-state index contributed by atoms with van der Waals surface area (Å²) in [5.74, 6) is 1.11. The number of rotatable bonds is 14. The number of anilines is 12. The van der Waals surface area contributed by atoms with Crippen LogP contribution in [0.15, 0.2) is 418 Å². The van der Waals surface area contributed by atoms with Crippen LogP contribution in [0, 0.1) is 0 Å². The molecule has 0 saturated heterocycles. The fourth-order valence-electron chi connectivity index (χ4n) is 27.5. The minimum atomic E-state index is 0.555. The average Bonchev–Trinajstić information content (AvgIpc) is 1.36. The molecule has 2 saturated carbocycles. The van der Waals surface area contributed by atoms with E-state index in [9.17, 15) is 0 Å². The van der Waals surface area contributed by atoms with Crippen LogP contribution in [-0.4, -0.2) is 0 Å². The van der Waals surface area contributed by atoms with Crippen molar-refractivity contribution >= 4 is 264 Å². The van der Waals surface area contributed by atoms with Crippen LogP contribution in [0.2, 0.25) is 0 Å². The molecule has 0 aliphatic heterocycles. The van der Waals surface area contributed by atoms with Crippen molar-refractivity contribution in [2.24, 2.45) is 0 Å². The van der Waals surface area contributed by atoms with Crippen LogP contribution in [0.4, 0.5) is 68.2 Å². The molecule has 4 aliphatic rings. The number of hydrogen-bond acceptors (Lipinski definition) is 8. The average molecular weight is 1910 g/mol. The lowest BCUT2D eigenvalue weighted by molar-refractivity contribution is 0.443. The Morgan fingerprint density at radius 3 is 0.764 bits per heavy atom. The third kappa shape index (κ3) is 13.4. The van der Waals surface area contributed by atoms with Crippen LogP contribution in [0.5, 0.6) is 0 Å². The van der Waals surface area contributed by atoms with Gasteiger partial charge in [0.2, 0.25) is 0 Å². The van der Waals surface area contributed by atoms with Gasteiger partial charge in [0, 0.05) is 87.4 Å². The Kier molecular flexibility index (Phi) is 19.7. The van der Waals surface area contributed by atoms with Gasteiger partial charge < -0.3 is 37.3 Å². The summed E-state index contributed by atoms with van der Waals surface area (Å²) in [5, 5.41) is 33.6. The molecule has 2 fully saturated rings. The Balaban J connectivity index is 0.000000134. The quantitative estimate of drug-likeness (QED) is 0.0998. The van der Waals surface area contributed by atoms with Crippen molar-refractivity contribution in [2.45, 2.75) is 127 Å². The van der Waals surface area contributed by atoms with Gasteiger partial charge in [-0.2, -0.15) is 0 Å². The fourth-order valence-corrected chi connectivity index (χ4v) is 27.5. The number of benzene rings is 24. The molecule has 28 aromatic rings. The van der Waals surface area contributed by atoms with Crippen LogP contribution < -0.4 is 19.6 Å². The van der Waals surface area contributed by atoms with E-state index in [4.69, 9.17) is 17.7 Å². The lowest BCUT2D eigenvalue weighted by atomic mass is 9.84. The summed E-state index contributed by atoms with van der Waals surface area (Å²) in [7, 11) is 0. The predicted molar refractivity (Wildman–Crippen MR) is 623 cm³/mol. The second kappa shape index (κ2) is 34.2. The van der Waals surface area contributed by atoms with Crippen molar-refractivity contribution in [1.82, 2.24) is 0 Å². The van der Waals surface area contributed by atoms with E-state index in [1.165, 1.54) is 253 Å². The number of aryl methyl sites for hydroxylation is 2. The summed E-state index contributed by atoms with van der Waals surface area (Å²) in [5.41, 5.74) is 29.3. The van der Waals surface area contributed by atoms with Gasteiger partial charge in [-0.15, -0.1) is 0 Å². The molecular weight excluding hydrogens is 1800 g/mol. The first-order chi connectivity index (χ1) is 73.4. The van der Waals surface area contributed by atoms with E-state index in [0.29, 0.717) is 11.8 Å². The van der Waals surface area contributed by atoms with Crippen LogP contribution >= 0.6 is 0 Å². The molecule has 148 heavy (non-hydrogen) atoms. The zero-order valence-electron chi connectivity index (χ0n) is 82.4. The maximum absolute atomic E-state index is 7.08. The molecule has 0 spiro atoms. The standard InChI is InChI=1S/C72H56N2O2.C68H48N2O2/c1-3-15-45(16-4-1)51-21-11-23-53(43-51)73(63-29-13-27-59-69-55-25-9-7-19-47(55)35-41-65(69)75-71(59)63)61-39-33-49-32-38-58-62(40-34-50-31-37-57(61)67(49)68(50)58)74(54-24-12-22-52(44-54)46-17-5-2-6-18-46)64-30-14-28-60-70-56-26-10-8-20-48(56)36-42-66(70)76-72(60)64;1-5-19-47-41(13-1)17-9-25-55(47)69(59-27-11-23-53-65-49-21-7-3-15-43(49)33-39-61(65)71-67(53)59)57-37-31-45-30-36-52-58(38-32-46-29-35-51(57)63(45)64(46)52)70(56-26-10-18-42-14-2-6-20-48(42)56)60-28-12-24-54-66-50-22-8-4-16-44(50)34-40-62(66)72-68(54)60/h7-14,19-46H,1-6,15-18H2;3-4,7-12,15-18,21-40H,1-2,5-6,13-14,19-20H2. The number of fused-ring (bicyclic) bond motifs is 22. The monoisotopic (exact) mass is 1900 g/mol. The minimum absolute atomic E-state index is 0.555. The highest BCUT2D eigenvalue weighted by Crippen LogP contribution is 2.58. The molecular formula is C140H104N4O4. The Hall–Kier alpha value is -17.2. The molecule has 0 radical (unpaired) electrons. The van der Waals surface area contributed by atoms with Gasteiger partial charge >= 0.3 is 0 Å². The number of hydrogen-bond donors (Lipinski definition) is 0. The van der Waals surface area contributed by atoms with Crippen molar-refractivity contribution in [1.29, 1.82) is 0 Å². The Bertz CT molecular complexity index is 9720. The molecule has 0 N–H and O–H groups in total. The lowest BCUT2D eigenvalue weighted by Gasteiger charge is -2.32. The number of para-hydroxylation sites is 4. The van der Waals surface area contributed by atoms with E-state index >= 15 is 0 Å². The van der Waals surface area contributed by atoms with E-state index < -0.39 is 0 Å². The largest absolute Gasteiger partial charge is 0.454 e. The van der Waals surface area contributed by atoms with Crippen molar-refractivity contribution in [3.63, 3.8) is 0 Å². The molecule has 4 aromatic heterocycles. The van der Waals surface area contributed by atoms with E-state index in [-0.39, 0.29) is 0 Å². The first kappa shape index (κ1) is 85.2.